The van der Waals surface area contributed by atoms with Crippen LogP contribution in [0.1, 0.15) is 58.9 Å². The van der Waals surface area contributed by atoms with Gasteiger partial charge in [-0.1, -0.05) is 18.6 Å². The number of anilines is 1. The first-order valence-corrected chi connectivity index (χ1v) is 10.3. The van der Waals surface area contributed by atoms with E-state index in [4.69, 9.17) is 0 Å². The summed E-state index contributed by atoms with van der Waals surface area (Å²) in [5, 5.41) is 2.84. The van der Waals surface area contributed by atoms with Gasteiger partial charge in [-0.05, 0) is 62.1 Å². The fraction of sp³-hybridized carbons (Fsp3) is 0.391. The van der Waals surface area contributed by atoms with E-state index in [-0.39, 0.29) is 30.3 Å². The number of amides is 2. The van der Waals surface area contributed by atoms with Gasteiger partial charge in [0.2, 0.25) is 0 Å². The Morgan fingerprint density at radius 2 is 2.03 bits per heavy atom. The summed E-state index contributed by atoms with van der Waals surface area (Å²) in [5.74, 6) is -0.497. The Morgan fingerprint density at radius 3 is 2.83 bits per heavy atom. The van der Waals surface area contributed by atoms with Gasteiger partial charge < -0.3 is 15.1 Å². The number of carbonyl (C=O) groups excluding carboxylic acids is 2. The molecule has 2 heterocycles. The molecule has 0 aromatic heterocycles. The van der Waals surface area contributed by atoms with Crippen LogP contribution < -0.4 is 10.2 Å². The zero-order valence-corrected chi connectivity index (χ0v) is 16.7. The zero-order valence-electron chi connectivity index (χ0n) is 16.7. The van der Waals surface area contributed by atoms with Gasteiger partial charge in [0, 0.05) is 25.2 Å². The predicted octanol–water partition coefficient (Wildman–Crippen LogP) is 3.94. The minimum atomic E-state index is -0.324. The number of rotatable bonds is 4. The van der Waals surface area contributed by atoms with Crippen molar-refractivity contribution in [2.75, 3.05) is 18.0 Å². The molecule has 2 aromatic carbocycles. The maximum Gasteiger partial charge on any atom is 0.257 e. The van der Waals surface area contributed by atoms with Crippen molar-refractivity contribution < 1.29 is 14.0 Å². The van der Waals surface area contributed by atoms with Gasteiger partial charge in [-0.2, -0.15) is 0 Å². The van der Waals surface area contributed by atoms with E-state index in [9.17, 15) is 14.0 Å². The normalized spacial score (nSPS) is 18.7. The largest absolute Gasteiger partial charge is 0.351 e. The first-order valence-electron chi connectivity index (χ1n) is 10.3. The average Bonchev–Trinajstić information content (AvgIpc) is 2.98. The maximum atomic E-state index is 13.3. The van der Waals surface area contributed by atoms with Crippen LogP contribution in [-0.4, -0.2) is 36.0 Å². The number of carbonyl (C=O) groups is 2. The van der Waals surface area contributed by atoms with Crippen LogP contribution in [0.15, 0.2) is 42.5 Å². The molecule has 0 saturated carbocycles. The smallest absolute Gasteiger partial charge is 0.257 e. The van der Waals surface area contributed by atoms with Crippen LogP contribution in [0, 0.1) is 5.82 Å². The molecule has 2 amide bonds. The topological polar surface area (TPSA) is 52.7 Å². The Kier molecular flexibility index (Phi) is 5.51. The highest BCUT2D eigenvalue weighted by Gasteiger charge is 2.37. The Morgan fingerprint density at radius 1 is 1.17 bits per heavy atom. The van der Waals surface area contributed by atoms with E-state index >= 15 is 0 Å². The molecule has 5 nitrogen and oxygen atoms in total. The molecule has 152 valence electrons. The molecular formula is C23H26FN3O2. The minimum absolute atomic E-state index is 0.0586. The van der Waals surface area contributed by atoms with Crippen molar-refractivity contribution in [2.24, 2.45) is 0 Å². The monoisotopic (exact) mass is 395 g/mol. The summed E-state index contributed by atoms with van der Waals surface area (Å²) in [6.07, 6.45) is 4.30. The molecule has 0 radical (unpaired) electrons. The Hall–Kier alpha value is -2.89. The molecule has 6 heteroatoms. The second kappa shape index (κ2) is 8.23. The number of benzene rings is 2. The molecule has 1 fully saturated rings. The lowest BCUT2D eigenvalue weighted by Gasteiger charge is -2.44. The third kappa shape index (κ3) is 3.84. The number of hydrogen-bond acceptors (Lipinski definition) is 3. The molecule has 2 aromatic rings. The molecule has 29 heavy (non-hydrogen) atoms. The van der Waals surface area contributed by atoms with Crippen LogP contribution in [0.25, 0.3) is 0 Å². The Bertz CT molecular complexity index is 930. The lowest BCUT2D eigenvalue weighted by atomic mass is 10.0. The van der Waals surface area contributed by atoms with Gasteiger partial charge in [0.05, 0.1) is 11.3 Å². The molecule has 2 aliphatic rings. The van der Waals surface area contributed by atoms with Crippen molar-refractivity contribution in [1.29, 1.82) is 0 Å². The van der Waals surface area contributed by atoms with Crippen LogP contribution in [0.4, 0.5) is 10.1 Å². The van der Waals surface area contributed by atoms with Crippen molar-refractivity contribution in [3.63, 3.8) is 0 Å². The summed E-state index contributed by atoms with van der Waals surface area (Å²) in [4.78, 5) is 30.0. The first-order chi connectivity index (χ1) is 14.1. The highest BCUT2D eigenvalue weighted by molar-refractivity contribution is 6.04. The second-order valence-electron chi connectivity index (χ2n) is 7.66. The minimum Gasteiger partial charge on any atom is -0.351 e. The predicted molar refractivity (Wildman–Crippen MR) is 110 cm³/mol. The van der Waals surface area contributed by atoms with Crippen molar-refractivity contribution >= 4 is 17.5 Å². The van der Waals surface area contributed by atoms with E-state index in [1.54, 1.807) is 24.3 Å². The van der Waals surface area contributed by atoms with Crippen molar-refractivity contribution in [3.05, 3.63) is 65.0 Å². The van der Waals surface area contributed by atoms with Gasteiger partial charge in [0.15, 0.2) is 0 Å². The van der Waals surface area contributed by atoms with Gasteiger partial charge in [-0.25, -0.2) is 4.39 Å². The fourth-order valence-corrected chi connectivity index (χ4v) is 4.37. The summed E-state index contributed by atoms with van der Waals surface area (Å²) in [5.41, 5.74) is 2.70. The van der Waals surface area contributed by atoms with Gasteiger partial charge in [-0.15, -0.1) is 0 Å². The lowest BCUT2D eigenvalue weighted by molar-refractivity contribution is 0.0656. The molecule has 0 aliphatic carbocycles. The van der Waals surface area contributed by atoms with E-state index in [0.29, 0.717) is 16.7 Å². The summed E-state index contributed by atoms with van der Waals surface area (Å²) >= 11 is 0. The highest BCUT2D eigenvalue weighted by atomic mass is 19.1. The Balaban J connectivity index is 1.58. The summed E-state index contributed by atoms with van der Waals surface area (Å²) in [6.45, 7) is 3.89. The number of nitrogens with one attached hydrogen (secondary N) is 1. The standard InChI is InChI=1S/C23H26FN3O2/c1-2-26-20-14-17(22(28)25-15-16-7-6-8-18(24)13-16)10-11-19(20)23(29)27-12-5-3-4-9-21(26)27/h6-8,10-11,13-14,21H,2-5,9,12,15H2,1H3,(H,25,28)/t21-/m1/s1. The number of halogens is 1. The molecule has 4 rings (SSSR count). The summed E-state index contributed by atoms with van der Waals surface area (Å²) in [6, 6.07) is 11.5. The van der Waals surface area contributed by atoms with Gasteiger partial charge in [0.25, 0.3) is 11.8 Å². The fourth-order valence-electron chi connectivity index (χ4n) is 4.37. The number of nitrogens with zero attached hydrogens (tertiary/aromatic N) is 2. The molecule has 1 atom stereocenters. The van der Waals surface area contributed by atoms with Gasteiger partial charge >= 0.3 is 0 Å². The Labute approximate surface area is 170 Å². The zero-order chi connectivity index (χ0) is 20.4. The number of hydrogen-bond donors (Lipinski definition) is 1. The van der Waals surface area contributed by atoms with E-state index < -0.39 is 0 Å². The van der Waals surface area contributed by atoms with Crippen LogP contribution >= 0.6 is 0 Å². The van der Waals surface area contributed by atoms with Gasteiger partial charge in [-0.3, -0.25) is 9.59 Å². The SMILES string of the molecule is CCN1c2cc(C(=O)NCc3cccc(F)c3)ccc2C(=O)N2CCCCC[C@@H]21. The molecule has 0 unspecified atom stereocenters. The van der Waals surface area contributed by atoms with Crippen LogP contribution in [-0.2, 0) is 6.54 Å². The van der Waals surface area contributed by atoms with Crippen LogP contribution in [0.2, 0.25) is 0 Å². The van der Waals surface area contributed by atoms with Gasteiger partial charge in [0.1, 0.15) is 12.0 Å². The maximum absolute atomic E-state index is 13.3. The quantitative estimate of drug-likeness (QED) is 0.853. The third-order valence-electron chi connectivity index (χ3n) is 5.82. The van der Waals surface area contributed by atoms with Crippen LogP contribution in [0.5, 0.6) is 0 Å². The summed E-state index contributed by atoms with van der Waals surface area (Å²) in [7, 11) is 0. The molecule has 0 bridgehead atoms. The molecule has 2 aliphatic heterocycles. The molecule has 0 spiro atoms. The van der Waals surface area contributed by atoms with E-state index in [1.165, 1.54) is 12.1 Å². The number of fused-ring (bicyclic) bond motifs is 2. The summed E-state index contributed by atoms with van der Waals surface area (Å²) < 4.78 is 13.3. The molecular weight excluding hydrogens is 369 g/mol. The van der Waals surface area contributed by atoms with E-state index in [0.717, 1.165) is 44.5 Å². The molecule has 1 N–H and O–H groups in total. The van der Waals surface area contributed by atoms with E-state index in [2.05, 4.69) is 17.1 Å². The lowest BCUT2D eigenvalue weighted by Crippen LogP contribution is -2.55. The van der Waals surface area contributed by atoms with Crippen LogP contribution in [0.3, 0.4) is 0 Å². The molecule has 1 saturated heterocycles. The van der Waals surface area contributed by atoms with E-state index in [1.807, 2.05) is 11.0 Å². The van der Waals surface area contributed by atoms with Crippen molar-refractivity contribution in [3.8, 4) is 0 Å². The average molecular weight is 395 g/mol. The highest BCUT2D eigenvalue weighted by Crippen LogP contribution is 2.35. The van der Waals surface area contributed by atoms with Crippen molar-refractivity contribution in [2.45, 2.75) is 45.3 Å². The first kappa shape index (κ1) is 19.4. The second-order valence-corrected chi connectivity index (χ2v) is 7.66. The van der Waals surface area contributed by atoms with Crippen molar-refractivity contribution in [1.82, 2.24) is 10.2 Å². The third-order valence-corrected chi connectivity index (χ3v) is 5.82.